The lowest BCUT2D eigenvalue weighted by Crippen LogP contribution is -2.56. The van der Waals surface area contributed by atoms with Crippen LogP contribution in [0, 0.1) is 0 Å². The van der Waals surface area contributed by atoms with Crippen LogP contribution in [-0.2, 0) is 11.3 Å². The fraction of sp³-hybridized carbons (Fsp3) is 0.519. The van der Waals surface area contributed by atoms with Gasteiger partial charge in [-0.15, -0.1) is 0 Å². The summed E-state index contributed by atoms with van der Waals surface area (Å²) in [5.74, 6) is 0.214. The molecule has 3 heterocycles. The number of piperazine rings is 1. The summed E-state index contributed by atoms with van der Waals surface area (Å²) in [6.07, 6.45) is 2.30. The van der Waals surface area contributed by atoms with E-state index in [9.17, 15) is 9.90 Å². The molecule has 2 atom stereocenters. The smallest absolute Gasteiger partial charge is 0.240 e. The van der Waals surface area contributed by atoms with E-state index in [1.54, 1.807) is 0 Å². The van der Waals surface area contributed by atoms with Gasteiger partial charge in [0.25, 0.3) is 0 Å². The maximum Gasteiger partial charge on any atom is 0.240 e. The molecule has 0 aliphatic carbocycles. The largest absolute Gasteiger partial charge is 0.392 e. The molecule has 176 valence electrons. The number of amides is 1. The number of aliphatic hydroxyl groups excluding tert-OH is 1. The van der Waals surface area contributed by atoms with Gasteiger partial charge in [-0.2, -0.15) is 0 Å². The van der Waals surface area contributed by atoms with E-state index in [1.807, 2.05) is 11.0 Å². The van der Waals surface area contributed by atoms with Gasteiger partial charge in [-0.05, 0) is 50.0 Å². The molecular formula is C27H36N4O2. The fourth-order valence-electron chi connectivity index (χ4n) is 5.77. The van der Waals surface area contributed by atoms with Crippen molar-refractivity contribution in [1.82, 2.24) is 14.7 Å². The zero-order chi connectivity index (χ0) is 22.6. The maximum absolute atomic E-state index is 13.5. The lowest BCUT2D eigenvalue weighted by Gasteiger charge is -2.41. The number of aliphatic hydroxyl groups is 1. The second-order valence-corrected chi connectivity index (χ2v) is 9.74. The minimum Gasteiger partial charge on any atom is -0.392 e. The van der Waals surface area contributed by atoms with Gasteiger partial charge in [0, 0.05) is 51.0 Å². The second kappa shape index (κ2) is 10.2. The molecule has 33 heavy (non-hydrogen) atoms. The van der Waals surface area contributed by atoms with E-state index in [1.165, 1.54) is 11.3 Å². The highest BCUT2D eigenvalue weighted by atomic mass is 16.3. The van der Waals surface area contributed by atoms with Gasteiger partial charge in [-0.1, -0.05) is 48.5 Å². The van der Waals surface area contributed by atoms with E-state index in [-0.39, 0.29) is 11.9 Å². The van der Waals surface area contributed by atoms with Crippen LogP contribution in [0.2, 0.25) is 0 Å². The van der Waals surface area contributed by atoms with Gasteiger partial charge >= 0.3 is 0 Å². The highest BCUT2D eigenvalue weighted by molar-refractivity contribution is 5.82. The SMILES string of the molecule is O=C([C@@H]1C[C@@H](O)CN1C1CCN(Cc2ccccc2)CC1)N1CCN(c2ccccc2)CC1. The van der Waals surface area contributed by atoms with E-state index in [2.05, 4.69) is 69.3 Å². The van der Waals surface area contributed by atoms with Gasteiger partial charge in [0.1, 0.15) is 0 Å². The molecular weight excluding hydrogens is 412 g/mol. The zero-order valence-electron chi connectivity index (χ0n) is 19.4. The summed E-state index contributed by atoms with van der Waals surface area (Å²) < 4.78 is 0. The van der Waals surface area contributed by atoms with E-state index < -0.39 is 6.10 Å². The Kier molecular flexibility index (Phi) is 6.95. The monoisotopic (exact) mass is 448 g/mol. The highest BCUT2D eigenvalue weighted by Crippen LogP contribution is 2.28. The first-order valence-electron chi connectivity index (χ1n) is 12.5. The van der Waals surface area contributed by atoms with E-state index >= 15 is 0 Å². The molecule has 3 saturated heterocycles. The van der Waals surface area contributed by atoms with Crippen molar-refractivity contribution in [2.45, 2.75) is 44.0 Å². The zero-order valence-corrected chi connectivity index (χ0v) is 19.4. The number of piperidine rings is 1. The van der Waals surface area contributed by atoms with Crippen molar-refractivity contribution >= 4 is 11.6 Å². The molecule has 0 saturated carbocycles. The predicted octanol–water partition coefficient (Wildman–Crippen LogP) is 2.43. The molecule has 6 heteroatoms. The summed E-state index contributed by atoms with van der Waals surface area (Å²) in [5.41, 5.74) is 2.58. The Bertz CT molecular complexity index is 893. The maximum atomic E-state index is 13.5. The van der Waals surface area contributed by atoms with Crippen molar-refractivity contribution in [3.05, 3.63) is 66.2 Å². The van der Waals surface area contributed by atoms with Crippen molar-refractivity contribution in [2.75, 3.05) is 50.7 Å². The Morgan fingerprint density at radius 1 is 0.848 bits per heavy atom. The number of carbonyl (C=O) groups is 1. The molecule has 2 aromatic carbocycles. The van der Waals surface area contributed by atoms with Crippen molar-refractivity contribution in [3.8, 4) is 0 Å². The van der Waals surface area contributed by atoms with Gasteiger partial charge < -0.3 is 14.9 Å². The van der Waals surface area contributed by atoms with Crippen molar-refractivity contribution in [2.24, 2.45) is 0 Å². The first-order chi connectivity index (χ1) is 16.2. The number of carbonyl (C=O) groups excluding carboxylic acids is 1. The summed E-state index contributed by atoms with van der Waals surface area (Å²) in [5, 5.41) is 10.5. The summed E-state index contributed by atoms with van der Waals surface area (Å²) in [7, 11) is 0. The summed E-state index contributed by atoms with van der Waals surface area (Å²) in [6.45, 7) is 6.94. The first-order valence-corrected chi connectivity index (χ1v) is 12.5. The van der Waals surface area contributed by atoms with Crippen LogP contribution in [0.15, 0.2) is 60.7 Å². The molecule has 0 spiro atoms. The number of anilines is 1. The van der Waals surface area contributed by atoms with Crippen LogP contribution in [0.1, 0.15) is 24.8 Å². The standard InChI is InChI=1S/C27H36N4O2/c32-25-19-26(27(33)30-17-15-29(16-18-30)23-9-5-2-6-10-23)31(21-25)24-11-13-28(14-12-24)20-22-7-3-1-4-8-22/h1-10,24-26,32H,11-21H2/t25-,26+/m1/s1. The van der Waals surface area contributed by atoms with Crippen LogP contribution >= 0.6 is 0 Å². The molecule has 5 rings (SSSR count). The molecule has 0 radical (unpaired) electrons. The van der Waals surface area contributed by atoms with Crippen molar-refractivity contribution in [3.63, 3.8) is 0 Å². The lowest BCUT2D eigenvalue weighted by atomic mass is 10.0. The van der Waals surface area contributed by atoms with E-state index in [0.717, 1.165) is 58.7 Å². The minimum absolute atomic E-state index is 0.172. The van der Waals surface area contributed by atoms with Gasteiger partial charge in [0.15, 0.2) is 0 Å². The molecule has 6 nitrogen and oxygen atoms in total. The van der Waals surface area contributed by atoms with E-state index in [4.69, 9.17) is 0 Å². The summed E-state index contributed by atoms with van der Waals surface area (Å²) in [4.78, 5) is 22.7. The number of hydrogen-bond acceptors (Lipinski definition) is 5. The number of para-hydroxylation sites is 1. The second-order valence-electron chi connectivity index (χ2n) is 9.74. The highest BCUT2D eigenvalue weighted by Gasteiger charge is 2.42. The van der Waals surface area contributed by atoms with E-state index in [0.29, 0.717) is 19.0 Å². The fourth-order valence-corrected chi connectivity index (χ4v) is 5.77. The Balaban J connectivity index is 1.15. The number of benzene rings is 2. The third-order valence-corrected chi connectivity index (χ3v) is 7.59. The first kappa shape index (κ1) is 22.4. The number of rotatable bonds is 5. The van der Waals surface area contributed by atoms with Crippen LogP contribution in [0.5, 0.6) is 0 Å². The number of β-amino-alcohol motifs (C(OH)–C–C–N with tert-alkyl or cyclic N) is 1. The Hall–Kier alpha value is -2.41. The minimum atomic E-state index is -0.396. The van der Waals surface area contributed by atoms with Crippen molar-refractivity contribution < 1.29 is 9.90 Å². The van der Waals surface area contributed by atoms with Gasteiger partial charge in [-0.25, -0.2) is 0 Å². The Morgan fingerprint density at radius 2 is 1.48 bits per heavy atom. The summed E-state index contributed by atoms with van der Waals surface area (Å²) >= 11 is 0. The molecule has 0 unspecified atom stereocenters. The topological polar surface area (TPSA) is 50.3 Å². The number of nitrogens with zero attached hydrogens (tertiary/aromatic N) is 4. The average molecular weight is 449 g/mol. The normalized spacial score (nSPS) is 25.5. The Morgan fingerprint density at radius 3 is 2.15 bits per heavy atom. The van der Waals surface area contributed by atoms with Crippen molar-refractivity contribution in [1.29, 1.82) is 0 Å². The van der Waals surface area contributed by atoms with Crippen LogP contribution in [0.25, 0.3) is 0 Å². The molecule has 3 fully saturated rings. The van der Waals surface area contributed by atoms with Crippen LogP contribution in [0.4, 0.5) is 5.69 Å². The molecule has 3 aliphatic heterocycles. The summed E-state index contributed by atoms with van der Waals surface area (Å²) in [6, 6.07) is 21.3. The quantitative estimate of drug-likeness (QED) is 0.762. The molecule has 0 aromatic heterocycles. The number of hydrogen-bond donors (Lipinski definition) is 1. The molecule has 3 aliphatic rings. The molecule has 1 N–H and O–H groups in total. The Labute approximate surface area is 197 Å². The molecule has 2 aromatic rings. The number of likely N-dealkylation sites (tertiary alicyclic amines) is 2. The van der Waals surface area contributed by atoms with Crippen LogP contribution in [0.3, 0.4) is 0 Å². The predicted molar refractivity (Wildman–Crippen MR) is 131 cm³/mol. The van der Waals surface area contributed by atoms with Gasteiger partial charge in [0.05, 0.1) is 12.1 Å². The lowest BCUT2D eigenvalue weighted by molar-refractivity contribution is -0.137. The van der Waals surface area contributed by atoms with Crippen LogP contribution < -0.4 is 4.90 Å². The molecule has 1 amide bonds. The van der Waals surface area contributed by atoms with Gasteiger partial charge in [-0.3, -0.25) is 14.6 Å². The molecule has 0 bridgehead atoms. The third-order valence-electron chi connectivity index (χ3n) is 7.59. The average Bonchev–Trinajstić information content (AvgIpc) is 3.27. The van der Waals surface area contributed by atoms with Crippen LogP contribution in [-0.4, -0.2) is 89.7 Å². The van der Waals surface area contributed by atoms with Gasteiger partial charge in [0.2, 0.25) is 5.91 Å². The third kappa shape index (κ3) is 5.24.